The highest BCUT2D eigenvalue weighted by molar-refractivity contribution is 8.13. The van der Waals surface area contributed by atoms with Gasteiger partial charge in [-0.25, -0.2) is 0 Å². The first kappa shape index (κ1) is 17.0. The van der Waals surface area contributed by atoms with Crippen molar-refractivity contribution in [2.45, 2.75) is 83.2 Å². The summed E-state index contributed by atoms with van der Waals surface area (Å²) in [5.41, 5.74) is -0.375. The molecular formula is C16H30O2S. The fourth-order valence-corrected chi connectivity index (χ4v) is 3.13. The van der Waals surface area contributed by atoms with Crippen LogP contribution in [0.4, 0.5) is 0 Å². The molecule has 1 rings (SSSR count). The van der Waals surface area contributed by atoms with Crippen molar-refractivity contribution < 1.29 is 9.53 Å². The lowest BCUT2D eigenvalue weighted by atomic mass is 10.0. The van der Waals surface area contributed by atoms with E-state index < -0.39 is 0 Å². The van der Waals surface area contributed by atoms with Gasteiger partial charge in [0.05, 0.1) is 6.61 Å². The van der Waals surface area contributed by atoms with Crippen molar-refractivity contribution in [3.05, 3.63) is 0 Å². The van der Waals surface area contributed by atoms with Crippen molar-refractivity contribution in [1.82, 2.24) is 0 Å². The molecule has 1 heterocycles. The number of thioether (sulfide) groups is 1. The maximum absolute atomic E-state index is 11.6. The third kappa shape index (κ3) is 6.80. The van der Waals surface area contributed by atoms with Crippen molar-refractivity contribution in [1.29, 1.82) is 0 Å². The van der Waals surface area contributed by atoms with Crippen LogP contribution in [0.1, 0.15) is 77.6 Å². The molecule has 1 fully saturated rings. The quantitative estimate of drug-likeness (QED) is 0.375. The van der Waals surface area contributed by atoms with Gasteiger partial charge in [-0.15, -0.1) is 0 Å². The number of epoxide rings is 1. The highest BCUT2D eigenvalue weighted by atomic mass is 32.2. The Kier molecular flexibility index (Phi) is 8.80. The topological polar surface area (TPSA) is 29.6 Å². The lowest BCUT2D eigenvalue weighted by Gasteiger charge is -2.08. The zero-order valence-corrected chi connectivity index (χ0v) is 13.5. The Balaban J connectivity index is 1.85. The third-order valence-corrected chi connectivity index (χ3v) is 4.73. The summed E-state index contributed by atoms with van der Waals surface area (Å²) in [6.07, 6.45) is 16.2. The minimum Gasteiger partial charge on any atom is -0.360 e. The van der Waals surface area contributed by atoms with Gasteiger partial charge < -0.3 is 4.74 Å². The summed E-state index contributed by atoms with van der Waals surface area (Å²) >= 11 is 1.31. The number of carbonyl (C=O) groups is 1. The number of carbonyl (C=O) groups excluding carboxylic acids is 1. The first-order valence-electron chi connectivity index (χ1n) is 7.97. The molecule has 0 aromatic carbocycles. The van der Waals surface area contributed by atoms with Crippen LogP contribution in [-0.2, 0) is 9.53 Å². The van der Waals surface area contributed by atoms with Gasteiger partial charge in [-0.1, -0.05) is 76.5 Å². The number of unbranched alkanes of at least 4 members (excludes halogenated alkanes) is 9. The Morgan fingerprint density at radius 2 is 1.47 bits per heavy atom. The second-order valence-corrected chi connectivity index (χ2v) is 6.49. The molecule has 19 heavy (non-hydrogen) atoms. The van der Waals surface area contributed by atoms with Crippen molar-refractivity contribution in [3.8, 4) is 0 Å². The van der Waals surface area contributed by atoms with E-state index in [2.05, 4.69) is 6.92 Å². The predicted molar refractivity (Wildman–Crippen MR) is 83.7 cm³/mol. The largest absolute Gasteiger partial charge is 0.360 e. The molecule has 0 bridgehead atoms. The second kappa shape index (κ2) is 9.82. The van der Waals surface area contributed by atoms with Gasteiger partial charge in [0.1, 0.15) is 0 Å². The van der Waals surface area contributed by atoms with E-state index in [0.29, 0.717) is 6.61 Å². The zero-order valence-electron chi connectivity index (χ0n) is 12.7. The van der Waals surface area contributed by atoms with Crippen LogP contribution >= 0.6 is 11.8 Å². The zero-order chi connectivity index (χ0) is 14.0. The van der Waals surface area contributed by atoms with E-state index in [1.165, 1.54) is 69.5 Å². The van der Waals surface area contributed by atoms with Crippen LogP contribution in [0.5, 0.6) is 0 Å². The number of hydrogen-bond donors (Lipinski definition) is 0. The third-order valence-electron chi connectivity index (χ3n) is 3.98. The number of hydrogen-bond acceptors (Lipinski definition) is 3. The van der Waals surface area contributed by atoms with Crippen molar-refractivity contribution in [2.75, 3.05) is 12.9 Å². The Labute approximate surface area is 123 Å². The summed E-state index contributed by atoms with van der Waals surface area (Å²) in [6.45, 7) is 2.92. The molecule has 1 aliphatic heterocycles. The Hall–Kier alpha value is -0.0200. The number of rotatable bonds is 12. The lowest BCUT2D eigenvalue weighted by Crippen LogP contribution is -2.21. The second-order valence-electron chi connectivity index (χ2n) is 5.71. The molecule has 2 nitrogen and oxygen atoms in total. The van der Waals surface area contributed by atoms with Crippen LogP contribution in [0, 0.1) is 0 Å². The van der Waals surface area contributed by atoms with Crippen molar-refractivity contribution in [2.24, 2.45) is 0 Å². The summed E-state index contributed by atoms with van der Waals surface area (Å²) in [6, 6.07) is 0. The van der Waals surface area contributed by atoms with Crippen molar-refractivity contribution in [3.63, 3.8) is 0 Å². The first-order chi connectivity index (χ1) is 9.25. The van der Waals surface area contributed by atoms with E-state index >= 15 is 0 Å². The standard InChI is InChI=1S/C16H30O2S/c1-3-4-5-6-7-8-9-10-11-12-13-16(14-18-16)15(17)19-2/h3-14H2,1-2H3. The molecule has 1 saturated heterocycles. The fourth-order valence-electron chi connectivity index (χ4n) is 2.54. The predicted octanol–water partition coefficient (Wildman–Crippen LogP) is 4.96. The summed E-state index contributed by atoms with van der Waals surface area (Å²) in [4.78, 5) is 11.6. The average molecular weight is 286 g/mol. The minimum atomic E-state index is -0.375. The Morgan fingerprint density at radius 3 is 1.89 bits per heavy atom. The monoisotopic (exact) mass is 286 g/mol. The van der Waals surface area contributed by atoms with Crippen LogP contribution in [0.3, 0.4) is 0 Å². The maximum Gasteiger partial charge on any atom is 0.222 e. The molecule has 0 saturated carbocycles. The molecule has 0 aromatic rings. The normalized spacial score (nSPS) is 21.6. The molecule has 1 unspecified atom stereocenters. The van der Waals surface area contributed by atoms with Gasteiger partial charge in [0.2, 0.25) is 5.12 Å². The number of ether oxygens (including phenoxy) is 1. The summed E-state index contributed by atoms with van der Waals surface area (Å²) < 4.78 is 5.36. The highest BCUT2D eigenvalue weighted by Gasteiger charge is 2.50. The Morgan fingerprint density at radius 1 is 1.00 bits per heavy atom. The van der Waals surface area contributed by atoms with Crippen LogP contribution in [-0.4, -0.2) is 23.6 Å². The lowest BCUT2D eigenvalue weighted by molar-refractivity contribution is -0.115. The van der Waals surface area contributed by atoms with Crippen LogP contribution in [0.25, 0.3) is 0 Å². The molecule has 0 amide bonds. The fraction of sp³-hybridized carbons (Fsp3) is 0.938. The smallest absolute Gasteiger partial charge is 0.222 e. The average Bonchev–Trinajstić information content (AvgIpc) is 3.21. The van der Waals surface area contributed by atoms with E-state index in [1.54, 1.807) is 0 Å². The van der Waals surface area contributed by atoms with Crippen LogP contribution < -0.4 is 0 Å². The highest BCUT2D eigenvalue weighted by Crippen LogP contribution is 2.37. The van der Waals surface area contributed by atoms with Crippen LogP contribution in [0.15, 0.2) is 0 Å². The van der Waals surface area contributed by atoms with Gasteiger partial charge in [-0.3, -0.25) is 4.79 Å². The van der Waals surface area contributed by atoms with E-state index in [4.69, 9.17) is 4.74 Å². The van der Waals surface area contributed by atoms with E-state index in [-0.39, 0.29) is 10.7 Å². The molecule has 0 radical (unpaired) electrons. The van der Waals surface area contributed by atoms with Crippen LogP contribution in [0.2, 0.25) is 0 Å². The molecule has 0 aromatic heterocycles. The summed E-state index contributed by atoms with van der Waals surface area (Å²) in [5.74, 6) is 0. The van der Waals surface area contributed by atoms with Gasteiger partial charge in [0.15, 0.2) is 5.60 Å². The van der Waals surface area contributed by atoms with Gasteiger partial charge >= 0.3 is 0 Å². The van der Waals surface area contributed by atoms with Gasteiger partial charge in [-0.2, -0.15) is 0 Å². The van der Waals surface area contributed by atoms with Gasteiger partial charge in [0, 0.05) is 0 Å². The van der Waals surface area contributed by atoms with E-state index in [9.17, 15) is 4.79 Å². The molecule has 112 valence electrons. The van der Waals surface area contributed by atoms with Crippen molar-refractivity contribution >= 4 is 16.9 Å². The minimum absolute atomic E-state index is 0.225. The molecular weight excluding hydrogens is 256 g/mol. The molecule has 3 heteroatoms. The SMILES string of the molecule is CCCCCCCCCCCCC1(C(=O)SC)CO1. The molecule has 0 aliphatic carbocycles. The summed E-state index contributed by atoms with van der Waals surface area (Å²) in [5, 5.41) is 0.225. The molecule has 1 aliphatic rings. The van der Waals surface area contributed by atoms with E-state index in [1.807, 2.05) is 6.26 Å². The summed E-state index contributed by atoms with van der Waals surface area (Å²) in [7, 11) is 0. The molecule has 1 atom stereocenters. The van der Waals surface area contributed by atoms with Gasteiger partial charge in [0.25, 0.3) is 0 Å². The molecule has 0 N–H and O–H groups in total. The van der Waals surface area contributed by atoms with E-state index in [0.717, 1.165) is 12.8 Å². The van der Waals surface area contributed by atoms with Gasteiger partial charge in [-0.05, 0) is 19.1 Å². The molecule has 0 spiro atoms. The first-order valence-corrected chi connectivity index (χ1v) is 9.20. The Bertz CT molecular complexity index is 249. The maximum atomic E-state index is 11.6.